The number of benzene rings is 2. The topological polar surface area (TPSA) is 71.1 Å². The van der Waals surface area contributed by atoms with Crippen LogP contribution in [0.15, 0.2) is 54.6 Å². The summed E-state index contributed by atoms with van der Waals surface area (Å²) < 4.78 is 0. The van der Waals surface area contributed by atoms with Crippen LogP contribution in [0, 0.1) is 27.7 Å². The minimum absolute atomic E-state index is 0.189. The highest BCUT2D eigenvalue weighted by atomic mass is 16.2. The van der Waals surface area contributed by atoms with Crippen molar-refractivity contribution < 1.29 is 9.59 Å². The summed E-state index contributed by atoms with van der Waals surface area (Å²) in [5, 5.41) is 5.73. The van der Waals surface area contributed by atoms with Gasteiger partial charge in [-0.3, -0.25) is 9.59 Å². The zero-order valence-electron chi connectivity index (χ0n) is 16.5. The molecule has 3 rings (SSSR count). The van der Waals surface area contributed by atoms with Crippen molar-refractivity contribution in [2.75, 3.05) is 10.6 Å². The Morgan fingerprint density at radius 1 is 0.679 bits per heavy atom. The molecule has 2 amide bonds. The first-order valence-corrected chi connectivity index (χ1v) is 9.08. The van der Waals surface area contributed by atoms with E-state index in [1.165, 1.54) is 0 Å². The van der Waals surface area contributed by atoms with Crippen LogP contribution < -0.4 is 10.6 Å². The highest BCUT2D eigenvalue weighted by molar-refractivity contribution is 6.06. The van der Waals surface area contributed by atoms with E-state index in [0.29, 0.717) is 0 Å². The first-order valence-electron chi connectivity index (χ1n) is 9.08. The SMILES string of the molecule is Cc1ccc(C)c(NC(=O)c2cccc(C(=O)Nc3cc(C)ccc3C)n2)c1. The smallest absolute Gasteiger partial charge is 0.274 e. The molecule has 5 heteroatoms. The summed E-state index contributed by atoms with van der Waals surface area (Å²) in [6.07, 6.45) is 0. The van der Waals surface area contributed by atoms with E-state index >= 15 is 0 Å². The van der Waals surface area contributed by atoms with Crippen molar-refractivity contribution in [3.63, 3.8) is 0 Å². The van der Waals surface area contributed by atoms with Gasteiger partial charge in [-0.25, -0.2) is 4.98 Å². The molecule has 0 saturated heterocycles. The maximum Gasteiger partial charge on any atom is 0.274 e. The molecule has 0 bridgehead atoms. The molecule has 0 aliphatic rings. The maximum absolute atomic E-state index is 12.6. The van der Waals surface area contributed by atoms with E-state index in [-0.39, 0.29) is 23.2 Å². The Balaban J connectivity index is 1.79. The molecule has 0 aliphatic carbocycles. The van der Waals surface area contributed by atoms with Crippen LogP contribution in [0.25, 0.3) is 0 Å². The van der Waals surface area contributed by atoms with Crippen molar-refractivity contribution in [2.45, 2.75) is 27.7 Å². The molecule has 1 heterocycles. The highest BCUT2D eigenvalue weighted by Crippen LogP contribution is 2.19. The van der Waals surface area contributed by atoms with E-state index in [4.69, 9.17) is 0 Å². The van der Waals surface area contributed by atoms with Crippen LogP contribution in [0.2, 0.25) is 0 Å². The number of hydrogen-bond acceptors (Lipinski definition) is 3. The summed E-state index contributed by atoms with van der Waals surface area (Å²) in [5.41, 5.74) is 5.87. The molecule has 0 fully saturated rings. The monoisotopic (exact) mass is 373 g/mol. The number of anilines is 2. The molecule has 0 unspecified atom stereocenters. The summed E-state index contributed by atoms with van der Waals surface area (Å²) in [5.74, 6) is -0.704. The van der Waals surface area contributed by atoms with Gasteiger partial charge in [0.25, 0.3) is 11.8 Å². The van der Waals surface area contributed by atoms with Gasteiger partial charge >= 0.3 is 0 Å². The molecule has 2 N–H and O–H groups in total. The zero-order chi connectivity index (χ0) is 20.3. The molecule has 0 atom stereocenters. The molecule has 3 aromatic rings. The summed E-state index contributed by atoms with van der Waals surface area (Å²) in [6, 6.07) is 16.5. The van der Waals surface area contributed by atoms with Crippen molar-refractivity contribution in [1.29, 1.82) is 0 Å². The lowest BCUT2D eigenvalue weighted by molar-refractivity contribution is 0.101. The Morgan fingerprint density at radius 2 is 1.11 bits per heavy atom. The van der Waals surface area contributed by atoms with Gasteiger partial charge in [-0.1, -0.05) is 30.3 Å². The Kier molecular flexibility index (Phi) is 5.54. The molecule has 1 aromatic heterocycles. The second-order valence-corrected chi connectivity index (χ2v) is 6.95. The van der Waals surface area contributed by atoms with E-state index in [9.17, 15) is 9.59 Å². The van der Waals surface area contributed by atoms with Crippen molar-refractivity contribution >= 4 is 23.2 Å². The Labute approximate surface area is 164 Å². The summed E-state index contributed by atoms with van der Waals surface area (Å²) in [4.78, 5) is 29.5. The van der Waals surface area contributed by atoms with Crippen LogP contribution in [-0.4, -0.2) is 16.8 Å². The van der Waals surface area contributed by atoms with Gasteiger partial charge in [0.15, 0.2) is 0 Å². The van der Waals surface area contributed by atoms with Crippen LogP contribution in [0.4, 0.5) is 11.4 Å². The molecular formula is C23H23N3O2. The lowest BCUT2D eigenvalue weighted by Crippen LogP contribution is -2.19. The van der Waals surface area contributed by atoms with E-state index in [0.717, 1.165) is 33.6 Å². The van der Waals surface area contributed by atoms with Crippen molar-refractivity contribution in [2.24, 2.45) is 0 Å². The first-order chi connectivity index (χ1) is 13.3. The van der Waals surface area contributed by atoms with Gasteiger partial charge in [0, 0.05) is 11.4 Å². The standard InChI is InChI=1S/C23H23N3O2/c1-14-8-10-16(3)20(12-14)25-22(27)18-6-5-7-19(24-18)23(28)26-21-13-15(2)9-11-17(21)4/h5-13H,1-4H3,(H,25,27)(H,26,28). The van der Waals surface area contributed by atoms with E-state index in [2.05, 4.69) is 15.6 Å². The zero-order valence-corrected chi connectivity index (χ0v) is 16.5. The number of aryl methyl sites for hydroxylation is 4. The molecule has 28 heavy (non-hydrogen) atoms. The number of nitrogens with one attached hydrogen (secondary N) is 2. The third-order valence-electron chi connectivity index (χ3n) is 4.50. The van der Waals surface area contributed by atoms with Crippen LogP contribution in [0.5, 0.6) is 0 Å². The molecule has 5 nitrogen and oxygen atoms in total. The second kappa shape index (κ2) is 8.05. The van der Waals surface area contributed by atoms with Crippen molar-refractivity contribution in [3.05, 3.63) is 88.2 Å². The maximum atomic E-state index is 12.6. The highest BCUT2D eigenvalue weighted by Gasteiger charge is 2.14. The lowest BCUT2D eigenvalue weighted by Gasteiger charge is -2.11. The minimum Gasteiger partial charge on any atom is -0.320 e. The van der Waals surface area contributed by atoms with Gasteiger partial charge in [0.05, 0.1) is 0 Å². The van der Waals surface area contributed by atoms with E-state index in [1.54, 1.807) is 18.2 Å². The second-order valence-electron chi connectivity index (χ2n) is 6.95. The molecule has 2 aromatic carbocycles. The molecule has 0 saturated carbocycles. The van der Waals surface area contributed by atoms with Gasteiger partial charge in [-0.15, -0.1) is 0 Å². The number of amides is 2. The molecule has 0 spiro atoms. The third kappa shape index (κ3) is 4.43. The number of aromatic nitrogens is 1. The van der Waals surface area contributed by atoms with E-state index < -0.39 is 0 Å². The van der Waals surface area contributed by atoms with Gasteiger partial charge in [0.1, 0.15) is 11.4 Å². The van der Waals surface area contributed by atoms with E-state index in [1.807, 2.05) is 64.1 Å². The molecule has 142 valence electrons. The van der Waals surface area contributed by atoms with Crippen LogP contribution in [0.1, 0.15) is 43.2 Å². The van der Waals surface area contributed by atoms with Crippen LogP contribution in [0.3, 0.4) is 0 Å². The fourth-order valence-corrected chi connectivity index (χ4v) is 2.80. The average molecular weight is 373 g/mol. The lowest BCUT2D eigenvalue weighted by atomic mass is 10.1. The number of rotatable bonds is 4. The predicted octanol–water partition coefficient (Wildman–Crippen LogP) is 4.82. The first kappa shape index (κ1) is 19.3. The van der Waals surface area contributed by atoms with Gasteiger partial charge in [-0.05, 0) is 74.2 Å². The third-order valence-corrected chi connectivity index (χ3v) is 4.50. The number of hydrogen-bond donors (Lipinski definition) is 2. The molecular weight excluding hydrogens is 350 g/mol. The molecule has 0 radical (unpaired) electrons. The minimum atomic E-state index is -0.352. The number of nitrogens with zero attached hydrogens (tertiary/aromatic N) is 1. The predicted molar refractivity (Wildman–Crippen MR) is 112 cm³/mol. The Hall–Kier alpha value is -3.47. The fraction of sp³-hybridized carbons (Fsp3) is 0.174. The normalized spacial score (nSPS) is 10.4. The Bertz CT molecular complexity index is 977. The van der Waals surface area contributed by atoms with Gasteiger partial charge in [0.2, 0.25) is 0 Å². The Morgan fingerprint density at radius 3 is 1.54 bits per heavy atom. The largest absolute Gasteiger partial charge is 0.320 e. The quantitative estimate of drug-likeness (QED) is 0.689. The summed E-state index contributed by atoms with van der Waals surface area (Å²) in [7, 11) is 0. The number of carbonyl (C=O) groups is 2. The summed E-state index contributed by atoms with van der Waals surface area (Å²) in [6.45, 7) is 7.78. The van der Waals surface area contributed by atoms with Gasteiger partial charge in [-0.2, -0.15) is 0 Å². The van der Waals surface area contributed by atoms with Crippen LogP contribution >= 0.6 is 0 Å². The average Bonchev–Trinajstić information content (AvgIpc) is 2.67. The molecule has 0 aliphatic heterocycles. The van der Waals surface area contributed by atoms with Crippen LogP contribution in [-0.2, 0) is 0 Å². The number of pyridine rings is 1. The fourth-order valence-electron chi connectivity index (χ4n) is 2.80. The summed E-state index contributed by atoms with van der Waals surface area (Å²) >= 11 is 0. The number of carbonyl (C=O) groups excluding carboxylic acids is 2. The van der Waals surface area contributed by atoms with Gasteiger partial charge < -0.3 is 10.6 Å². The van der Waals surface area contributed by atoms with Crippen molar-refractivity contribution in [3.8, 4) is 0 Å². The van der Waals surface area contributed by atoms with Crippen molar-refractivity contribution in [1.82, 2.24) is 4.98 Å².